The smallest absolute Gasteiger partial charge is 0.164 e. The van der Waals surface area contributed by atoms with Crippen LogP contribution in [0.4, 0.5) is 0 Å². The van der Waals surface area contributed by atoms with Crippen LogP contribution in [0.15, 0.2) is 146 Å². The van der Waals surface area contributed by atoms with Gasteiger partial charge in [0.2, 0.25) is 0 Å². The summed E-state index contributed by atoms with van der Waals surface area (Å²) >= 11 is 0. The highest BCUT2D eigenvalue weighted by atomic mass is 15.0. The molecule has 0 N–H and O–H groups in total. The number of para-hydroxylation sites is 1. The fourth-order valence-corrected chi connectivity index (χ4v) is 5.46. The van der Waals surface area contributed by atoms with Crippen LogP contribution < -0.4 is 0 Å². The topological polar surface area (TPSA) is 51.6 Å². The fraction of sp³-hybridized carbons (Fsp3) is 0. The van der Waals surface area contributed by atoms with Crippen molar-refractivity contribution >= 4 is 32.4 Å². The highest BCUT2D eigenvalue weighted by molar-refractivity contribution is 5.88. The Labute approximate surface area is 243 Å². The second-order valence-corrected chi connectivity index (χ2v) is 10.4. The van der Waals surface area contributed by atoms with Crippen molar-refractivity contribution in [3.63, 3.8) is 0 Å². The first-order valence-corrected chi connectivity index (χ1v) is 14.0. The first-order valence-electron chi connectivity index (χ1n) is 14.0. The lowest BCUT2D eigenvalue weighted by atomic mass is 10.0. The second-order valence-electron chi connectivity index (χ2n) is 10.4. The summed E-state index contributed by atoms with van der Waals surface area (Å²) in [5, 5.41) is 5.78. The lowest BCUT2D eigenvalue weighted by Crippen LogP contribution is -2.00. The summed E-state index contributed by atoms with van der Waals surface area (Å²) in [6.07, 6.45) is 0. The molecule has 0 spiro atoms. The number of aromatic nitrogens is 4. The minimum Gasteiger partial charge on any atom is -0.248 e. The van der Waals surface area contributed by atoms with Crippen LogP contribution in [-0.4, -0.2) is 19.9 Å². The SMILES string of the molecule is c1cc(-c2ccc3ccccc3n2)cc(-c2nc(-c3ccc4ccccc4c3)nc(-c3ccc4ccccc4c3)n2)c1. The maximum Gasteiger partial charge on any atom is 0.164 e. The van der Waals surface area contributed by atoms with Gasteiger partial charge in [-0.25, -0.2) is 19.9 Å². The maximum atomic E-state index is 5.01. The van der Waals surface area contributed by atoms with Crippen LogP contribution in [-0.2, 0) is 0 Å². The van der Waals surface area contributed by atoms with Gasteiger partial charge in [-0.3, -0.25) is 0 Å². The predicted molar refractivity (Wildman–Crippen MR) is 172 cm³/mol. The van der Waals surface area contributed by atoms with E-state index in [9.17, 15) is 0 Å². The van der Waals surface area contributed by atoms with Gasteiger partial charge in [-0.2, -0.15) is 0 Å². The lowest BCUT2D eigenvalue weighted by molar-refractivity contribution is 1.07. The number of pyridine rings is 1. The van der Waals surface area contributed by atoms with Crippen molar-refractivity contribution < 1.29 is 0 Å². The van der Waals surface area contributed by atoms with Gasteiger partial charge in [-0.1, -0.05) is 115 Å². The van der Waals surface area contributed by atoms with E-state index in [1.54, 1.807) is 0 Å². The molecule has 0 saturated carbocycles. The number of nitrogens with zero attached hydrogens (tertiary/aromatic N) is 4. The van der Waals surface area contributed by atoms with Gasteiger partial charge in [0.1, 0.15) is 0 Å². The Morgan fingerprint density at radius 1 is 0.286 bits per heavy atom. The van der Waals surface area contributed by atoms with Gasteiger partial charge < -0.3 is 0 Å². The zero-order valence-corrected chi connectivity index (χ0v) is 22.6. The molecule has 4 nitrogen and oxygen atoms in total. The molecule has 2 aromatic heterocycles. The summed E-state index contributed by atoms with van der Waals surface area (Å²) in [5.74, 6) is 1.91. The van der Waals surface area contributed by atoms with Gasteiger partial charge in [0, 0.05) is 27.6 Å². The Morgan fingerprint density at radius 3 is 1.38 bits per heavy atom. The molecule has 4 heteroatoms. The van der Waals surface area contributed by atoms with Crippen LogP contribution in [0.1, 0.15) is 0 Å². The van der Waals surface area contributed by atoms with E-state index < -0.39 is 0 Å². The van der Waals surface area contributed by atoms with Crippen molar-refractivity contribution in [2.75, 3.05) is 0 Å². The quantitative estimate of drug-likeness (QED) is 0.225. The van der Waals surface area contributed by atoms with E-state index in [1.807, 2.05) is 30.3 Å². The van der Waals surface area contributed by atoms with Gasteiger partial charge >= 0.3 is 0 Å². The van der Waals surface area contributed by atoms with Gasteiger partial charge in [-0.15, -0.1) is 0 Å². The minimum absolute atomic E-state index is 0.624. The van der Waals surface area contributed by atoms with E-state index >= 15 is 0 Å². The molecule has 6 aromatic carbocycles. The summed E-state index contributed by atoms with van der Waals surface area (Å²) in [4.78, 5) is 19.9. The molecule has 8 rings (SSSR count). The molecule has 0 atom stereocenters. The molecule has 0 radical (unpaired) electrons. The summed E-state index contributed by atoms with van der Waals surface area (Å²) in [6.45, 7) is 0. The van der Waals surface area contributed by atoms with Crippen molar-refractivity contribution in [1.29, 1.82) is 0 Å². The van der Waals surface area contributed by atoms with Gasteiger partial charge in [0.25, 0.3) is 0 Å². The molecular formula is C38H24N4. The molecule has 0 bridgehead atoms. The minimum atomic E-state index is 0.624. The standard InChI is InChI=1S/C38H24N4/c1-3-11-28-22-32(18-16-25(28)8-1)37-40-36(41-38(42-37)33-19-17-26-9-2-4-12-29(26)23-33)31-14-7-13-30(24-31)35-21-20-27-10-5-6-15-34(27)39-35/h1-24H. The third-order valence-corrected chi connectivity index (χ3v) is 7.67. The van der Waals surface area contributed by atoms with Gasteiger partial charge in [0.05, 0.1) is 11.2 Å². The molecule has 0 saturated heterocycles. The summed E-state index contributed by atoms with van der Waals surface area (Å²) in [5.41, 5.74) is 5.71. The van der Waals surface area contributed by atoms with Crippen molar-refractivity contribution in [1.82, 2.24) is 19.9 Å². The second kappa shape index (κ2) is 10.0. The van der Waals surface area contributed by atoms with E-state index in [1.165, 1.54) is 10.8 Å². The Bertz CT molecular complexity index is 2170. The number of hydrogen-bond acceptors (Lipinski definition) is 4. The highest BCUT2D eigenvalue weighted by Gasteiger charge is 2.14. The molecule has 0 amide bonds. The molecule has 2 heterocycles. The molecule has 0 aliphatic rings. The Balaban J connectivity index is 1.29. The molecule has 42 heavy (non-hydrogen) atoms. The molecule has 0 fully saturated rings. The van der Waals surface area contributed by atoms with Crippen LogP contribution >= 0.6 is 0 Å². The van der Waals surface area contributed by atoms with Crippen LogP contribution in [0.2, 0.25) is 0 Å². The van der Waals surface area contributed by atoms with Gasteiger partial charge in [-0.05, 0) is 51.9 Å². The lowest BCUT2D eigenvalue weighted by Gasteiger charge is -2.11. The molecule has 0 aliphatic carbocycles. The molecular weight excluding hydrogens is 512 g/mol. The van der Waals surface area contributed by atoms with Crippen molar-refractivity contribution in [3.8, 4) is 45.4 Å². The third kappa shape index (κ3) is 4.45. The zero-order valence-electron chi connectivity index (χ0n) is 22.6. The van der Waals surface area contributed by atoms with Crippen LogP contribution in [0.5, 0.6) is 0 Å². The van der Waals surface area contributed by atoms with Crippen molar-refractivity contribution in [2.45, 2.75) is 0 Å². The summed E-state index contributed by atoms with van der Waals surface area (Å²) in [7, 11) is 0. The molecule has 0 aliphatic heterocycles. The zero-order chi connectivity index (χ0) is 27.9. The van der Waals surface area contributed by atoms with E-state index in [0.717, 1.165) is 49.6 Å². The van der Waals surface area contributed by atoms with E-state index in [4.69, 9.17) is 19.9 Å². The average molecular weight is 537 g/mol. The largest absolute Gasteiger partial charge is 0.248 e. The fourth-order valence-electron chi connectivity index (χ4n) is 5.46. The number of fused-ring (bicyclic) bond motifs is 3. The van der Waals surface area contributed by atoms with Crippen LogP contribution in [0.3, 0.4) is 0 Å². The van der Waals surface area contributed by atoms with Crippen LogP contribution in [0.25, 0.3) is 77.9 Å². The van der Waals surface area contributed by atoms with Crippen molar-refractivity contribution in [3.05, 3.63) is 146 Å². The third-order valence-electron chi connectivity index (χ3n) is 7.67. The molecule has 196 valence electrons. The Morgan fingerprint density at radius 2 is 0.762 bits per heavy atom. The number of benzene rings is 6. The number of rotatable bonds is 4. The van der Waals surface area contributed by atoms with Gasteiger partial charge in [0.15, 0.2) is 17.5 Å². The van der Waals surface area contributed by atoms with Crippen LogP contribution in [0, 0.1) is 0 Å². The van der Waals surface area contributed by atoms with E-state index in [0.29, 0.717) is 17.5 Å². The summed E-state index contributed by atoms with van der Waals surface area (Å²) < 4.78 is 0. The average Bonchev–Trinajstić information content (AvgIpc) is 3.07. The number of hydrogen-bond donors (Lipinski definition) is 0. The monoisotopic (exact) mass is 536 g/mol. The van der Waals surface area contributed by atoms with E-state index in [-0.39, 0.29) is 0 Å². The highest BCUT2D eigenvalue weighted by Crippen LogP contribution is 2.30. The molecule has 0 unspecified atom stereocenters. The predicted octanol–water partition coefficient (Wildman–Crippen LogP) is 9.39. The Hall–Kier alpha value is -5.74. The summed E-state index contributed by atoms with van der Waals surface area (Å²) in [6, 6.07) is 50.0. The van der Waals surface area contributed by atoms with Crippen molar-refractivity contribution in [2.24, 2.45) is 0 Å². The molecule has 8 aromatic rings. The van der Waals surface area contributed by atoms with E-state index in [2.05, 4.69) is 115 Å². The first-order chi connectivity index (χ1) is 20.8. The maximum absolute atomic E-state index is 5.01. The Kier molecular flexibility index (Phi) is 5.75. The first kappa shape index (κ1) is 24.1. The normalized spacial score (nSPS) is 11.3.